The van der Waals surface area contributed by atoms with Crippen LogP contribution in [0, 0.1) is 6.92 Å². The summed E-state index contributed by atoms with van der Waals surface area (Å²) < 4.78 is 3.24. The molecule has 186 valence electrons. The van der Waals surface area contributed by atoms with Gasteiger partial charge in [-0.2, -0.15) is 0 Å². The first-order valence-electron chi connectivity index (χ1n) is 11.8. The van der Waals surface area contributed by atoms with E-state index >= 15 is 0 Å². The van der Waals surface area contributed by atoms with Crippen molar-refractivity contribution >= 4 is 39.1 Å². The van der Waals surface area contributed by atoms with Crippen LogP contribution in [0.5, 0.6) is 0 Å². The molecule has 0 saturated heterocycles. The lowest BCUT2D eigenvalue weighted by molar-refractivity contribution is -0.120. The maximum Gasteiger partial charge on any atom is 0.336 e. The standard InChI is InChI=1S/C29H24ClN3O3S/c1-19-6-8-21(9-7-19)17-31-26(34)16-20-10-12-23(13-11-20)33-28(35)27-25(14-15-37-27)32(29(33)36)18-22-4-2-3-5-24(22)30/h2-15H,16-18H2,1H3,(H,31,34). The van der Waals surface area contributed by atoms with Crippen LogP contribution in [0.4, 0.5) is 0 Å². The van der Waals surface area contributed by atoms with Crippen molar-refractivity contribution in [3.63, 3.8) is 0 Å². The molecule has 0 bridgehead atoms. The molecule has 1 amide bonds. The lowest BCUT2D eigenvalue weighted by Crippen LogP contribution is -2.38. The van der Waals surface area contributed by atoms with E-state index in [1.807, 2.05) is 49.4 Å². The molecule has 1 N–H and O–H groups in total. The van der Waals surface area contributed by atoms with Gasteiger partial charge in [0.05, 0.1) is 24.2 Å². The average Bonchev–Trinajstić information content (AvgIpc) is 3.39. The normalized spacial score (nSPS) is 11.1. The second-order valence-corrected chi connectivity index (χ2v) is 10.2. The molecule has 0 saturated carbocycles. The molecule has 0 radical (unpaired) electrons. The molecule has 3 aromatic carbocycles. The van der Waals surface area contributed by atoms with E-state index in [0.717, 1.165) is 16.7 Å². The molecule has 0 unspecified atom stereocenters. The highest BCUT2D eigenvalue weighted by Gasteiger charge is 2.17. The van der Waals surface area contributed by atoms with Crippen molar-refractivity contribution in [2.24, 2.45) is 0 Å². The number of rotatable bonds is 7. The minimum Gasteiger partial charge on any atom is -0.352 e. The van der Waals surface area contributed by atoms with Gasteiger partial charge in [-0.05, 0) is 53.3 Å². The van der Waals surface area contributed by atoms with Gasteiger partial charge in [0.1, 0.15) is 4.70 Å². The van der Waals surface area contributed by atoms with Gasteiger partial charge in [-0.1, -0.05) is 71.8 Å². The SMILES string of the molecule is Cc1ccc(CNC(=O)Cc2ccc(-n3c(=O)c4sccc4n(Cc4ccccc4Cl)c3=O)cc2)cc1. The van der Waals surface area contributed by atoms with Gasteiger partial charge in [-0.25, -0.2) is 9.36 Å². The zero-order chi connectivity index (χ0) is 25.9. The maximum atomic E-state index is 13.5. The summed E-state index contributed by atoms with van der Waals surface area (Å²) in [6.07, 6.45) is 0.196. The number of halogens is 1. The summed E-state index contributed by atoms with van der Waals surface area (Å²) in [5.41, 5.74) is 3.99. The molecule has 37 heavy (non-hydrogen) atoms. The number of thiophene rings is 1. The van der Waals surface area contributed by atoms with Gasteiger partial charge in [0.25, 0.3) is 5.56 Å². The van der Waals surface area contributed by atoms with Crippen LogP contribution >= 0.6 is 22.9 Å². The zero-order valence-electron chi connectivity index (χ0n) is 20.1. The number of hydrogen-bond donors (Lipinski definition) is 1. The van der Waals surface area contributed by atoms with Gasteiger partial charge in [0.15, 0.2) is 0 Å². The Bertz CT molecular complexity index is 1700. The van der Waals surface area contributed by atoms with Gasteiger partial charge in [0, 0.05) is 11.6 Å². The fourth-order valence-corrected chi connectivity index (χ4v) is 5.20. The molecule has 0 fully saturated rings. The van der Waals surface area contributed by atoms with E-state index < -0.39 is 5.69 Å². The first kappa shape index (κ1) is 24.7. The molecule has 0 aliphatic rings. The highest BCUT2D eigenvalue weighted by atomic mass is 35.5. The van der Waals surface area contributed by atoms with E-state index in [4.69, 9.17) is 11.6 Å². The third-order valence-electron chi connectivity index (χ3n) is 6.21. The summed E-state index contributed by atoms with van der Waals surface area (Å²) in [6, 6.07) is 24.1. The van der Waals surface area contributed by atoms with Crippen LogP contribution < -0.4 is 16.6 Å². The summed E-state index contributed by atoms with van der Waals surface area (Å²) in [4.78, 5) is 39.3. The summed E-state index contributed by atoms with van der Waals surface area (Å²) in [6.45, 7) is 2.72. The van der Waals surface area contributed by atoms with Crippen LogP contribution in [0.2, 0.25) is 5.02 Å². The van der Waals surface area contributed by atoms with Crippen molar-refractivity contribution in [2.45, 2.75) is 26.4 Å². The Labute approximate surface area is 222 Å². The van der Waals surface area contributed by atoms with Crippen LogP contribution in [-0.2, 0) is 24.3 Å². The van der Waals surface area contributed by atoms with E-state index in [9.17, 15) is 14.4 Å². The molecule has 5 rings (SSSR count). The fourth-order valence-electron chi connectivity index (χ4n) is 4.18. The number of nitrogens with zero attached hydrogens (tertiary/aromatic N) is 2. The maximum absolute atomic E-state index is 13.5. The van der Waals surface area contributed by atoms with Crippen molar-refractivity contribution in [2.75, 3.05) is 0 Å². The van der Waals surface area contributed by atoms with Crippen LogP contribution in [0.15, 0.2) is 93.8 Å². The fraction of sp³-hybridized carbons (Fsp3) is 0.138. The summed E-state index contributed by atoms with van der Waals surface area (Å²) >= 11 is 7.65. The van der Waals surface area contributed by atoms with Gasteiger partial charge in [-0.3, -0.25) is 14.2 Å². The first-order valence-corrected chi connectivity index (χ1v) is 13.0. The minimum absolute atomic E-state index is 0.104. The predicted octanol–water partition coefficient (Wildman–Crippen LogP) is 5.08. The van der Waals surface area contributed by atoms with Crippen LogP contribution in [0.1, 0.15) is 22.3 Å². The number of amides is 1. The lowest BCUT2D eigenvalue weighted by atomic mass is 10.1. The highest BCUT2D eigenvalue weighted by molar-refractivity contribution is 7.17. The number of fused-ring (bicyclic) bond motifs is 1. The highest BCUT2D eigenvalue weighted by Crippen LogP contribution is 2.21. The van der Waals surface area contributed by atoms with E-state index in [1.54, 1.807) is 46.3 Å². The smallest absolute Gasteiger partial charge is 0.336 e. The van der Waals surface area contributed by atoms with Crippen molar-refractivity contribution < 1.29 is 4.79 Å². The number of benzene rings is 3. The molecular formula is C29H24ClN3O3S. The van der Waals surface area contributed by atoms with E-state index in [-0.39, 0.29) is 24.4 Å². The van der Waals surface area contributed by atoms with E-state index in [2.05, 4.69) is 5.32 Å². The van der Waals surface area contributed by atoms with Gasteiger partial charge >= 0.3 is 5.69 Å². The van der Waals surface area contributed by atoms with Crippen molar-refractivity contribution in [1.82, 2.24) is 14.5 Å². The van der Waals surface area contributed by atoms with E-state index in [0.29, 0.717) is 27.5 Å². The van der Waals surface area contributed by atoms with Gasteiger partial charge in [0.2, 0.25) is 5.91 Å². The summed E-state index contributed by atoms with van der Waals surface area (Å²) in [5.74, 6) is -0.104. The number of nitrogens with one attached hydrogen (secondary N) is 1. The molecule has 8 heteroatoms. The third kappa shape index (κ3) is 5.28. The largest absolute Gasteiger partial charge is 0.352 e. The molecule has 2 heterocycles. The van der Waals surface area contributed by atoms with Crippen LogP contribution in [-0.4, -0.2) is 15.0 Å². The Morgan fingerprint density at radius 1 is 0.919 bits per heavy atom. The second-order valence-electron chi connectivity index (χ2n) is 8.84. The lowest BCUT2D eigenvalue weighted by Gasteiger charge is -2.13. The number of carbonyl (C=O) groups excluding carboxylic acids is 1. The predicted molar refractivity (Wildman–Crippen MR) is 149 cm³/mol. The molecule has 0 spiro atoms. The minimum atomic E-state index is -0.445. The second kappa shape index (κ2) is 10.6. The molecule has 0 atom stereocenters. The van der Waals surface area contributed by atoms with E-state index in [1.165, 1.54) is 21.5 Å². The van der Waals surface area contributed by atoms with Crippen LogP contribution in [0.3, 0.4) is 0 Å². The van der Waals surface area contributed by atoms with Gasteiger partial charge < -0.3 is 5.32 Å². The molecule has 0 aliphatic carbocycles. The number of carbonyl (C=O) groups is 1. The Morgan fingerprint density at radius 3 is 2.35 bits per heavy atom. The Balaban J connectivity index is 1.40. The number of hydrogen-bond acceptors (Lipinski definition) is 4. The van der Waals surface area contributed by atoms with Crippen molar-refractivity contribution in [1.29, 1.82) is 0 Å². The van der Waals surface area contributed by atoms with Gasteiger partial charge in [-0.15, -0.1) is 11.3 Å². The topological polar surface area (TPSA) is 73.1 Å². The Kier molecular flexibility index (Phi) is 7.08. The monoisotopic (exact) mass is 529 g/mol. The average molecular weight is 530 g/mol. The number of aromatic nitrogens is 2. The molecule has 6 nitrogen and oxygen atoms in total. The Morgan fingerprint density at radius 2 is 1.62 bits per heavy atom. The van der Waals surface area contributed by atoms with Crippen molar-refractivity contribution in [3.05, 3.63) is 132 Å². The number of aryl methyl sites for hydroxylation is 1. The first-order chi connectivity index (χ1) is 17.9. The zero-order valence-corrected chi connectivity index (χ0v) is 21.7. The van der Waals surface area contributed by atoms with Crippen LogP contribution in [0.25, 0.3) is 15.9 Å². The van der Waals surface area contributed by atoms with Crippen molar-refractivity contribution in [3.8, 4) is 5.69 Å². The molecular weight excluding hydrogens is 506 g/mol. The molecule has 0 aliphatic heterocycles. The summed E-state index contributed by atoms with van der Waals surface area (Å²) in [7, 11) is 0. The molecule has 2 aromatic heterocycles. The Hall–Kier alpha value is -3.94. The quantitative estimate of drug-likeness (QED) is 0.319. The summed E-state index contributed by atoms with van der Waals surface area (Å²) in [5, 5.41) is 5.29. The molecule has 5 aromatic rings. The third-order valence-corrected chi connectivity index (χ3v) is 7.47.